The minimum atomic E-state index is 0.723. The molecule has 1 aromatic rings. The van der Waals surface area contributed by atoms with Gasteiger partial charge in [0.05, 0.1) is 0 Å². The topological polar surface area (TPSA) is 15.3 Å². The molecule has 2 heterocycles. The van der Waals surface area contributed by atoms with Crippen LogP contribution in [-0.4, -0.2) is 30.6 Å². The molecular weight excluding hydrogens is 240 g/mol. The van der Waals surface area contributed by atoms with Crippen molar-refractivity contribution in [3.63, 3.8) is 0 Å². The smallest absolute Gasteiger partial charge is 0.0328 e. The summed E-state index contributed by atoms with van der Waals surface area (Å²) in [6, 6.07) is 5.32. The fraction of sp³-hybridized carbons (Fsp3) is 0.733. The summed E-state index contributed by atoms with van der Waals surface area (Å²) in [7, 11) is 0. The molecule has 0 radical (unpaired) electrons. The molecule has 102 valence electrons. The van der Waals surface area contributed by atoms with Crippen molar-refractivity contribution in [3.8, 4) is 0 Å². The third-order valence-corrected chi connectivity index (χ3v) is 5.12. The van der Waals surface area contributed by atoms with Crippen LogP contribution in [0.25, 0.3) is 0 Å². The second-order valence-corrected chi connectivity index (χ2v) is 6.64. The van der Waals surface area contributed by atoms with Crippen LogP contribution < -0.4 is 5.32 Å². The highest BCUT2D eigenvalue weighted by Gasteiger charge is 2.25. The third-order valence-electron chi connectivity index (χ3n) is 3.90. The van der Waals surface area contributed by atoms with Crippen molar-refractivity contribution in [1.29, 1.82) is 0 Å². The summed E-state index contributed by atoms with van der Waals surface area (Å²) < 4.78 is 0. The number of piperidine rings is 1. The summed E-state index contributed by atoms with van der Waals surface area (Å²) in [5.74, 6) is 0.768. The van der Waals surface area contributed by atoms with Crippen LogP contribution in [0.1, 0.15) is 36.9 Å². The first-order chi connectivity index (χ1) is 8.72. The van der Waals surface area contributed by atoms with Crippen LogP contribution in [0.2, 0.25) is 0 Å². The van der Waals surface area contributed by atoms with E-state index in [-0.39, 0.29) is 0 Å². The van der Waals surface area contributed by atoms with Gasteiger partial charge in [-0.25, -0.2) is 0 Å². The zero-order valence-corrected chi connectivity index (χ0v) is 12.7. The maximum absolute atomic E-state index is 3.61. The van der Waals surface area contributed by atoms with Gasteiger partial charge in [0.25, 0.3) is 0 Å². The van der Waals surface area contributed by atoms with Crippen LogP contribution in [0.5, 0.6) is 0 Å². The molecule has 2 nitrogen and oxygen atoms in total. The Morgan fingerprint density at radius 3 is 2.72 bits per heavy atom. The van der Waals surface area contributed by atoms with E-state index < -0.39 is 0 Å². The highest BCUT2D eigenvalue weighted by atomic mass is 32.1. The van der Waals surface area contributed by atoms with E-state index in [0.29, 0.717) is 0 Å². The van der Waals surface area contributed by atoms with Crippen LogP contribution in [0.15, 0.2) is 12.1 Å². The standard InChI is InChI=1S/C15H26N2S/c1-4-13-6-7-14(18-13)11-17-9-8-15(16-5-2)12(3)10-17/h6-7,12,15-16H,4-5,8-11H2,1-3H3. The summed E-state index contributed by atoms with van der Waals surface area (Å²) in [6.45, 7) is 11.5. The lowest BCUT2D eigenvalue weighted by Gasteiger charge is -2.37. The second kappa shape index (κ2) is 6.69. The minimum Gasteiger partial charge on any atom is -0.314 e. The van der Waals surface area contributed by atoms with Gasteiger partial charge in [0.1, 0.15) is 0 Å². The number of nitrogens with zero attached hydrogens (tertiary/aromatic N) is 1. The van der Waals surface area contributed by atoms with Gasteiger partial charge < -0.3 is 5.32 Å². The molecular formula is C15H26N2S. The summed E-state index contributed by atoms with van der Waals surface area (Å²) in [4.78, 5) is 5.66. The zero-order valence-electron chi connectivity index (χ0n) is 11.9. The van der Waals surface area contributed by atoms with Crippen LogP contribution in [0, 0.1) is 5.92 Å². The van der Waals surface area contributed by atoms with Gasteiger partial charge in [0.2, 0.25) is 0 Å². The van der Waals surface area contributed by atoms with E-state index in [2.05, 4.69) is 43.1 Å². The number of nitrogens with one attached hydrogen (secondary N) is 1. The first-order valence-corrected chi connectivity index (χ1v) is 8.07. The maximum atomic E-state index is 3.61. The highest BCUT2D eigenvalue weighted by Crippen LogP contribution is 2.22. The summed E-state index contributed by atoms with van der Waals surface area (Å²) in [5, 5.41) is 3.61. The van der Waals surface area contributed by atoms with E-state index >= 15 is 0 Å². The Bertz CT molecular complexity index is 361. The Labute approximate surface area is 115 Å². The van der Waals surface area contributed by atoms with E-state index in [1.54, 1.807) is 0 Å². The molecule has 1 fully saturated rings. The van der Waals surface area contributed by atoms with Crippen LogP contribution in [0.3, 0.4) is 0 Å². The summed E-state index contributed by atoms with van der Waals surface area (Å²) >= 11 is 1.98. The molecule has 0 aromatic carbocycles. The fourth-order valence-electron chi connectivity index (χ4n) is 2.86. The van der Waals surface area contributed by atoms with Gasteiger partial charge in [-0.2, -0.15) is 0 Å². The second-order valence-electron chi connectivity index (χ2n) is 5.39. The lowest BCUT2D eigenvalue weighted by molar-refractivity contribution is 0.143. The molecule has 0 aliphatic carbocycles. The largest absolute Gasteiger partial charge is 0.314 e. The average molecular weight is 266 g/mol. The predicted octanol–water partition coefficient (Wildman–Crippen LogP) is 3.13. The average Bonchev–Trinajstić information content (AvgIpc) is 2.80. The lowest BCUT2D eigenvalue weighted by Crippen LogP contribution is -2.47. The molecule has 3 heteroatoms. The number of likely N-dealkylation sites (tertiary alicyclic amines) is 1. The molecule has 0 spiro atoms. The number of rotatable bonds is 5. The normalized spacial score (nSPS) is 25.5. The Balaban J connectivity index is 1.85. The molecule has 1 aromatic heterocycles. The molecule has 1 aliphatic heterocycles. The number of hydrogen-bond acceptors (Lipinski definition) is 3. The highest BCUT2D eigenvalue weighted by molar-refractivity contribution is 7.11. The molecule has 1 saturated heterocycles. The SMILES string of the molecule is CCNC1CCN(Cc2ccc(CC)s2)CC1C. The Kier molecular flexibility index (Phi) is 5.22. The first-order valence-electron chi connectivity index (χ1n) is 7.26. The van der Waals surface area contributed by atoms with Gasteiger partial charge in [-0.05, 0) is 37.4 Å². The third kappa shape index (κ3) is 3.56. The molecule has 2 unspecified atom stereocenters. The van der Waals surface area contributed by atoms with E-state index in [1.165, 1.54) is 35.7 Å². The Hall–Kier alpha value is -0.380. The van der Waals surface area contributed by atoms with E-state index in [4.69, 9.17) is 0 Å². The molecule has 0 amide bonds. The predicted molar refractivity (Wildman–Crippen MR) is 80.2 cm³/mol. The van der Waals surface area contributed by atoms with Gasteiger partial charge in [0, 0.05) is 35.4 Å². The van der Waals surface area contributed by atoms with Crippen molar-refractivity contribution < 1.29 is 0 Å². The van der Waals surface area contributed by atoms with Crippen LogP contribution in [0.4, 0.5) is 0 Å². The number of hydrogen-bond donors (Lipinski definition) is 1. The quantitative estimate of drug-likeness (QED) is 0.881. The molecule has 2 rings (SSSR count). The van der Waals surface area contributed by atoms with Gasteiger partial charge in [-0.1, -0.05) is 20.8 Å². The monoisotopic (exact) mass is 266 g/mol. The van der Waals surface area contributed by atoms with Gasteiger partial charge >= 0.3 is 0 Å². The summed E-state index contributed by atoms with van der Waals surface area (Å²) in [6.07, 6.45) is 2.46. The van der Waals surface area contributed by atoms with Gasteiger partial charge in [-0.15, -0.1) is 11.3 Å². The minimum absolute atomic E-state index is 0.723. The Morgan fingerprint density at radius 1 is 1.33 bits per heavy atom. The molecule has 1 aliphatic rings. The van der Waals surface area contributed by atoms with Gasteiger partial charge in [0.15, 0.2) is 0 Å². The van der Waals surface area contributed by atoms with Crippen molar-refractivity contribution >= 4 is 11.3 Å². The molecule has 0 saturated carbocycles. The molecule has 18 heavy (non-hydrogen) atoms. The van der Waals surface area contributed by atoms with Crippen molar-refractivity contribution in [3.05, 3.63) is 21.9 Å². The van der Waals surface area contributed by atoms with Crippen molar-refractivity contribution in [2.45, 2.75) is 46.2 Å². The van der Waals surface area contributed by atoms with Crippen LogP contribution >= 0.6 is 11.3 Å². The van der Waals surface area contributed by atoms with E-state index in [0.717, 1.165) is 25.0 Å². The van der Waals surface area contributed by atoms with E-state index in [1.807, 2.05) is 11.3 Å². The van der Waals surface area contributed by atoms with Crippen molar-refractivity contribution in [2.24, 2.45) is 5.92 Å². The van der Waals surface area contributed by atoms with E-state index in [9.17, 15) is 0 Å². The molecule has 0 bridgehead atoms. The van der Waals surface area contributed by atoms with Crippen molar-refractivity contribution in [1.82, 2.24) is 10.2 Å². The fourth-order valence-corrected chi connectivity index (χ4v) is 3.86. The lowest BCUT2D eigenvalue weighted by atomic mass is 9.94. The first kappa shape index (κ1) is 14.0. The number of thiophene rings is 1. The maximum Gasteiger partial charge on any atom is 0.0328 e. The summed E-state index contributed by atoms with van der Waals surface area (Å²) in [5.41, 5.74) is 0. The molecule has 2 atom stereocenters. The van der Waals surface area contributed by atoms with Crippen LogP contribution in [-0.2, 0) is 13.0 Å². The van der Waals surface area contributed by atoms with Crippen molar-refractivity contribution in [2.75, 3.05) is 19.6 Å². The van der Waals surface area contributed by atoms with Gasteiger partial charge in [-0.3, -0.25) is 4.90 Å². The molecule has 1 N–H and O–H groups in total. The number of aryl methyl sites for hydroxylation is 1. The Morgan fingerprint density at radius 2 is 2.11 bits per heavy atom. The zero-order chi connectivity index (χ0) is 13.0.